The third-order valence-corrected chi connectivity index (χ3v) is 4.94. The van der Waals surface area contributed by atoms with Gasteiger partial charge < -0.3 is 5.32 Å². The molecule has 2 aromatic heterocycles. The minimum absolute atomic E-state index is 0.0217. The van der Waals surface area contributed by atoms with Gasteiger partial charge in [0.05, 0.1) is 23.0 Å². The maximum atomic E-state index is 12.6. The lowest BCUT2D eigenvalue weighted by atomic mass is 9.93. The quantitative estimate of drug-likeness (QED) is 0.926. The number of nitrogens with one attached hydrogen (secondary N) is 1. The van der Waals surface area contributed by atoms with Crippen molar-refractivity contribution in [2.75, 3.05) is 0 Å². The van der Waals surface area contributed by atoms with Crippen LogP contribution in [0.3, 0.4) is 0 Å². The minimum atomic E-state index is -0.118. The molecule has 1 atom stereocenters. The van der Waals surface area contributed by atoms with E-state index >= 15 is 0 Å². The third kappa shape index (κ3) is 3.63. The van der Waals surface area contributed by atoms with Crippen molar-refractivity contribution in [2.24, 2.45) is 0 Å². The summed E-state index contributed by atoms with van der Waals surface area (Å²) in [7, 11) is 0. The minimum Gasteiger partial charge on any atom is -0.343 e. The highest BCUT2D eigenvalue weighted by Crippen LogP contribution is 2.27. The van der Waals surface area contributed by atoms with Crippen LogP contribution in [0.25, 0.3) is 0 Å². The van der Waals surface area contributed by atoms with Gasteiger partial charge >= 0.3 is 0 Å². The first-order valence-electron chi connectivity index (χ1n) is 7.96. The molecule has 0 spiro atoms. The molecule has 0 saturated heterocycles. The van der Waals surface area contributed by atoms with Crippen molar-refractivity contribution in [3.63, 3.8) is 0 Å². The summed E-state index contributed by atoms with van der Waals surface area (Å²) in [4.78, 5) is 17.3. The molecule has 1 amide bonds. The average Bonchev–Trinajstić information content (AvgIpc) is 3.03. The molecule has 1 unspecified atom stereocenters. The second kappa shape index (κ2) is 6.43. The van der Waals surface area contributed by atoms with Gasteiger partial charge in [0, 0.05) is 23.0 Å². The second-order valence-corrected chi connectivity index (χ2v) is 7.77. The summed E-state index contributed by atoms with van der Waals surface area (Å²) in [5.41, 5.74) is 3.43. The molecule has 0 aromatic carbocycles. The molecule has 0 aliphatic carbocycles. The number of aromatic nitrogens is 3. The summed E-state index contributed by atoms with van der Waals surface area (Å²) < 4.78 is 1.86. The number of hydrogen-bond acceptors (Lipinski definition) is 4. The number of amides is 1. The van der Waals surface area contributed by atoms with Crippen LogP contribution in [0.5, 0.6) is 0 Å². The van der Waals surface area contributed by atoms with Crippen LogP contribution in [-0.2, 0) is 12.0 Å². The summed E-state index contributed by atoms with van der Waals surface area (Å²) >= 11 is 1.59. The molecule has 2 aromatic rings. The van der Waals surface area contributed by atoms with Crippen LogP contribution in [-0.4, -0.2) is 20.7 Å². The van der Waals surface area contributed by atoms with E-state index in [2.05, 4.69) is 41.6 Å². The van der Waals surface area contributed by atoms with Gasteiger partial charge in [-0.1, -0.05) is 20.8 Å². The van der Waals surface area contributed by atoms with E-state index in [1.807, 2.05) is 32.4 Å². The molecule has 0 radical (unpaired) electrons. The lowest BCUT2D eigenvalue weighted by molar-refractivity contribution is 0.0938. The monoisotopic (exact) mass is 334 g/mol. The zero-order valence-electron chi connectivity index (χ0n) is 15.0. The number of hydrogen-bond donors (Lipinski definition) is 1. The fourth-order valence-electron chi connectivity index (χ4n) is 2.49. The highest BCUT2D eigenvalue weighted by Gasteiger charge is 2.23. The van der Waals surface area contributed by atoms with Crippen LogP contribution in [0.4, 0.5) is 0 Å². The van der Waals surface area contributed by atoms with Crippen LogP contribution < -0.4 is 5.32 Å². The smallest absolute Gasteiger partial charge is 0.255 e. The molecule has 2 heterocycles. The number of aryl methyl sites for hydroxylation is 2. The number of carbonyl (C=O) groups excluding carboxylic acids is 1. The summed E-state index contributed by atoms with van der Waals surface area (Å²) in [6.45, 7) is 15.0. The molecule has 6 heteroatoms. The first kappa shape index (κ1) is 17.7. The van der Waals surface area contributed by atoms with Crippen LogP contribution in [0.2, 0.25) is 0 Å². The Morgan fingerprint density at radius 1 is 1.39 bits per heavy atom. The van der Waals surface area contributed by atoms with Crippen molar-refractivity contribution in [3.8, 4) is 0 Å². The summed E-state index contributed by atoms with van der Waals surface area (Å²) in [6.07, 6.45) is 0. The number of nitrogens with zero attached hydrogens (tertiary/aromatic N) is 3. The van der Waals surface area contributed by atoms with Crippen LogP contribution in [0, 0.1) is 13.8 Å². The summed E-state index contributed by atoms with van der Waals surface area (Å²) in [5, 5.41) is 10.5. The van der Waals surface area contributed by atoms with E-state index in [1.165, 1.54) is 0 Å². The van der Waals surface area contributed by atoms with Gasteiger partial charge in [0.2, 0.25) is 0 Å². The average molecular weight is 334 g/mol. The van der Waals surface area contributed by atoms with Crippen molar-refractivity contribution in [1.29, 1.82) is 0 Å². The Morgan fingerprint density at radius 3 is 2.52 bits per heavy atom. The Balaban J connectivity index is 2.17. The first-order chi connectivity index (χ1) is 10.6. The van der Waals surface area contributed by atoms with Crippen molar-refractivity contribution >= 4 is 17.2 Å². The molecule has 0 saturated carbocycles. The van der Waals surface area contributed by atoms with Crippen molar-refractivity contribution in [3.05, 3.63) is 33.0 Å². The van der Waals surface area contributed by atoms with Crippen molar-refractivity contribution in [2.45, 2.75) is 66.5 Å². The molecule has 2 rings (SSSR count). The second-order valence-electron chi connectivity index (χ2n) is 6.88. The van der Waals surface area contributed by atoms with E-state index in [0.717, 1.165) is 28.6 Å². The fourth-order valence-corrected chi connectivity index (χ4v) is 3.55. The normalized spacial score (nSPS) is 13.2. The molecule has 0 aliphatic rings. The molecule has 5 nitrogen and oxygen atoms in total. The number of thiazole rings is 1. The maximum absolute atomic E-state index is 12.6. The standard InChI is InChI=1S/C17H26N4OS/c1-8-21-12(4)14(10(2)20-21)15(22)18-11(3)16-19-13(9-23-16)17(5,6)7/h9,11H,8H2,1-7H3,(H,18,22). The Morgan fingerprint density at radius 2 is 2.04 bits per heavy atom. The van der Waals surface area contributed by atoms with E-state index < -0.39 is 0 Å². The zero-order valence-corrected chi connectivity index (χ0v) is 15.8. The van der Waals surface area contributed by atoms with Gasteiger partial charge in [0.15, 0.2) is 0 Å². The molecule has 0 fully saturated rings. The fraction of sp³-hybridized carbons (Fsp3) is 0.588. The predicted octanol–water partition coefficient (Wildman–Crippen LogP) is 3.76. The van der Waals surface area contributed by atoms with Crippen molar-refractivity contribution in [1.82, 2.24) is 20.1 Å². The SMILES string of the molecule is CCn1nc(C)c(C(=O)NC(C)c2nc(C(C)(C)C)cs2)c1C. The van der Waals surface area contributed by atoms with Gasteiger partial charge in [0.25, 0.3) is 5.91 Å². The molecular formula is C17H26N4OS. The maximum Gasteiger partial charge on any atom is 0.255 e. The Bertz CT molecular complexity index is 709. The van der Waals surface area contributed by atoms with E-state index in [0.29, 0.717) is 5.56 Å². The summed E-state index contributed by atoms with van der Waals surface area (Å²) in [5.74, 6) is -0.0836. The largest absolute Gasteiger partial charge is 0.343 e. The Kier molecular flexibility index (Phi) is 4.94. The molecule has 1 N–H and O–H groups in total. The van der Waals surface area contributed by atoms with Gasteiger partial charge in [-0.15, -0.1) is 11.3 Å². The lowest BCUT2D eigenvalue weighted by Crippen LogP contribution is -2.27. The van der Waals surface area contributed by atoms with Gasteiger partial charge in [-0.05, 0) is 27.7 Å². The molecule has 0 bridgehead atoms. The number of carbonyl (C=O) groups is 1. The molecule has 0 aliphatic heterocycles. The Labute approximate surface area is 142 Å². The Hall–Kier alpha value is -1.69. The van der Waals surface area contributed by atoms with Gasteiger partial charge in [-0.2, -0.15) is 5.10 Å². The van der Waals surface area contributed by atoms with E-state index in [1.54, 1.807) is 11.3 Å². The van der Waals surface area contributed by atoms with E-state index in [9.17, 15) is 4.79 Å². The van der Waals surface area contributed by atoms with Gasteiger partial charge in [0.1, 0.15) is 5.01 Å². The van der Waals surface area contributed by atoms with Crippen molar-refractivity contribution < 1.29 is 4.79 Å². The topological polar surface area (TPSA) is 59.8 Å². The molecular weight excluding hydrogens is 308 g/mol. The van der Waals surface area contributed by atoms with Crippen LogP contribution in [0.15, 0.2) is 5.38 Å². The van der Waals surface area contributed by atoms with Gasteiger partial charge in [-0.3, -0.25) is 9.48 Å². The number of rotatable bonds is 4. The molecule has 126 valence electrons. The first-order valence-corrected chi connectivity index (χ1v) is 8.83. The van der Waals surface area contributed by atoms with Crippen LogP contribution in [0.1, 0.15) is 73.1 Å². The lowest BCUT2D eigenvalue weighted by Gasteiger charge is -2.15. The van der Waals surface area contributed by atoms with Gasteiger partial charge in [-0.25, -0.2) is 4.98 Å². The molecule has 23 heavy (non-hydrogen) atoms. The third-order valence-electron chi connectivity index (χ3n) is 3.92. The highest BCUT2D eigenvalue weighted by atomic mass is 32.1. The zero-order chi connectivity index (χ0) is 17.4. The highest BCUT2D eigenvalue weighted by molar-refractivity contribution is 7.09. The summed E-state index contributed by atoms with van der Waals surface area (Å²) in [6, 6.07) is -0.118. The van der Waals surface area contributed by atoms with E-state index in [-0.39, 0.29) is 17.4 Å². The van der Waals surface area contributed by atoms with Crippen LogP contribution >= 0.6 is 11.3 Å². The predicted molar refractivity (Wildman–Crippen MR) is 94.1 cm³/mol. The van der Waals surface area contributed by atoms with E-state index in [4.69, 9.17) is 0 Å².